The molecule has 3 N–H and O–H groups in total. The van der Waals surface area contributed by atoms with Gasteiger partial charge in [-0.15, -0.1) is 0 Å². The third kappa shape index (κ3) is 4.38. The van der Waals surface area contributed by atoms with Crippen LogP contribution in [0, 0.1) is 0 Å². The number of nitrogens with two attached hydrogens (primary N) is 1. The molecule has 0 saturated carbocycles. The van der Waals surface area contributed by atoms with Gasteiger partial charge in [0.2, 0.25) is 5.91 Å². The number of aromatic nitrogens is 1. The number of amides is 1. The minimum atomic E-state index is -0.129. The number of likely N-dealkylation sites (N-methyl/N-ethyl adjacent to an activating group) is 1. The van der Waals surface area contributed by atoms with Gasteiger partial charge in [-0.05, 0) is 12.1 Å². The number of nitrogens with one attached hydrogen (secondary N) is 1. The van der Waals surface area contributed by atoms with Gasteiger partial charge >= 0.3 is 0 Å². The maximum atomic E-state index is 11.6. The van der Waals surface area contributed by atoms with Gasteiger partial charge in [-0.25, -0.2) is 4.98 Å². The molecule has 0 atom stereocenters. The van der Waals surface area contributed by atoms with Gasteiger partial charge in [0.25, 0.3) is 0 Å². The van der Waals surface area contributed by atoms with Gasteiger partial charge in [0.1, 0.15) is 5.15 Å². The van der Waals surface area contributed by atoms with E-state index >= 15 is 0 Å². The van der Waals surface area contributed by atoms with Crippen LogP contribution in [-0.4, -0.2) is 44.7 Å². The van der Waals surface area contributed by atoms with Crippen LogP contribution >= 0.6 is 11.6 Å². The lowest BCUT2D eigenvalue weighted by molar-refractivity contribution is -0.119. The number of hydrogen-bond donors (Lipinski definition) is 2. The summed E-state index contributed by atoms with van der Waals surface area (Å²) in [7, 11) is 3.31. The second-order valence-electron chi connectivity index (χ2n) is 3.75. The van der Waals surface area contributed by atoms with Crippen LogP contribution in [0.3, 0.4) is 0 Å². The van der Waals surface area contributed by atoms with Gasteiger partial charge < -0.3 is 20.7 Å². The zero-order valence-corrected chi connectivity index (χ0v) is 11.2. The molecular formula is C11H17ClN4O2. The predicted molar refractivity (Wildman–Crippen MR) is 71.8 cm³/mol. The Bertz CT molecular complexity index is 414. The first-order valence-corrected chi connectivity index (χ1v) is 5.81. The zero-order valence-electron chi connectivity index (χ0n) is 10.4. The van der Waals surface area contributed by atoms with Crippen LogP contribution in [0.2, 0.25) is 5.15 Å². The van der Waals surface area contributed by atoms with Crippen LogP contribution < -0.4 is 16.0 Å². The molecule has 1 heterocycles. The molecule has 0 fully saturated rings. The second-order valence-corrected chi connectivity index (χ2v) is 4.13. The zero-order chi connectivity index (χ0) is 13.5. The Morgan fingerprint density at radius 3 is 3.00 bits per heavy atom. The van der Waals surface area contributed by atoms with Crippen molar-refractivity contribution in [1.82, 2.24) is 10.3 Å². The number of nitrogen functional groups attached to an aromatic ring is 1. The molecule has 0 aliphatic rings. The first-order valence-electron chi connectivity index (χ1n) is 5.43. The number of carbonyl (C=O) groups is 1. The lowest BCUT2D eigenvalue weighted by Gasteiger charge is -2.19. The predicted octanol–water partition coefficient (Wildman–Crippen LogP) is 0.516. The van der Waals surface area contributed by atoms with Crippen LogP contribution in [-0.2, 0) is 9.53 Å². The van der Waals surface area contributed by atoms with Crippen LogP contribution in [0.4, 0.5) is 11.5 Å². The Labute approximate surface area is 111 Å². The molecule has 0 aromatic carbocycles. The van der Waals surface area contributed by atoms with Crippen molar-refractivity contribution in [2.45, 2.75) is 0 Å². The van der Waals surface area contributed by atoms with Gasteiger partial charge in [-0.3, -0.25) is 4.79 Å². The highest BCUT2D eigenvalue weighted by molar-refractivity contribution is 6.29. The average molecular weight is 273 g/mol. The number of carbonyl (C=O) groups excluding carboxylic acids is 1. The average Bonchev–Trinajstić information content (AvgIpc) is 2.32. The van der Waals surface area contributed by atoms with Gasteiger partial charge in [0.15, 0.2) is 5.82 Å². The van der Waals surface area contributed by atoms with Gasteiger partial charge in [-0.2, -0.15) is 0 Å². The topological polar surface area (TPSA) is 80.5 Å². The normalized spacial score (nSPS) is 10.2. The fourth-order valence-electron chi connectivity index (χ4n) is 1.38. The van der Waals surface area contributed by atoms with Gasteiger partial charge in [0.05, 0.1) is 18.8 Å². The number of halogens is 1. The molecule has 0 radical (unpaired) electrons. The lowest BCUT2D eigenvalue weighted by atomic mass is 10.3. The van der Waals surface area contributed by atoms with Crippen LogP contribution in [0.15, 0.2) is 12.1 Å². The molecule has 0 aliphatic heterocycles. The molecule has 0 aliphatic carbocycles. The van der Waals surface area contributed by atoms with E-state index in [0.717, 1.165) is 0 Å². The van der Waals surface area contributed by atoms with Crippen molar-refractivity contribution < 1.29 is 9.53 Å². The van der Waals surface area contributed by atoms with E-state index in [2.05, 4.69) is 10.3 Å². The number of nitrogens with zero attached hydrogens (tertiary/aromatic N) is 2. The second kappa shape index (κ2) is 7.03. The number of ether oxygens (including phenoxy) is 1. The first-order chi connectivity index (χ1) is 8.54. The smallest absolute Gasteiger partial charge is 0.239 e. The van der Waals surface area contributed by atoms with E-state index in [1.165, 1.54) is 0 Å². The molecule has 6 nitrogen and oxygen atoms in total. The first kappa shape index (κ1) is 14.5. The van der Waals surface area contributed by atoms with E-state index < -0.39 is 0 Å². The van der Waals surface area contributed by atoms with Crippen LogP contribution in [0.25, 0.3) is 0 Å². The fraction of sp³-hybridized carbons (Fsp3) is 0.455. The summed E-state index contributed by atoms with van der Waals surface area (Å²) in [5.74, 6) is 0.361. The maximum Gasteiger partial charge on any atom is 0.239 e. The Morgan fingerprint density at radius 1 is 1.61 bits per heavy atom. The molecule has 0 unspecified atom stereocenters. The Morgan fingerprint density at radius 2 is 2.33 bits per heavy atom. The molecule has 100 valence electrons. The minimum absolute atomic E-state index is 0.129. The van der Waals surface area contributed by atoms with Crippen molar-refractivity contribution >= 4 is 29.0 Å². The van der Waals surface area contributed by atoms with E-state index in [9.17, 15) is 4.79 Å². The summed E-state index contributed by atoms with van der Waals surface area (Å²) < 4.78 is 4.84. The number of hydrogen-bond acceptors (Lipinski definition) is 5. The molecule has 1 aromatic rings. The van der Waals surface area contributed by atoms with E-state index in [0.29, 0.717) is 29.8 Å². The molecule has 0 saturated heterocycles. The maximum absolute atomic E-state index is 11.6. The number of methoxy groups -OCH3 is 1. The summed E-state index contributed by atoms with van der Waals surface area (Å²) in [6.45, 7) is 1.11. The quantitative estimate of drug-likeness (QED) is 0.583. The largest absolute Gasteiger partial charge is 0.396 e. The third-order valence-corrected chi connectivity index (χ3v) is 2.45. The molecular weight excluding hydrogens is 256 g/mol. The Hall–Kier alpha value is -1.53. The van der Waals surface area contributed by atoms with Gasteiger partial charge in [0, 0.05) is 20.7 Å². The number of pyridine rings is 1. The van der Waals surface area contributed by atoms with Crippen LogP contribution in [0.5, 0.6) is 0 Å². The SMILES string of the molecule is COCCNC(=O)CN(C)c1nc(Cl)ccc1N. The van der Waals surface area contributed by atoms with Crippen molar-refractivity contribution in [3.05, 3.63) is 17.3 Å². The Kier molecular flexibility index (Phi) is 5.67. The molecule has 1 amide bonds. The highest BCUT2D eigenvalue weighted by Gasteiger charge is 2.11. The van der Waals surface area contributed by atoms with Crippen molar-refractivity contribution in [2.75, 3.05) is 44.5 Å². The van der Waals surface area contributed by atoms with E-state index in [4.69, 9.17) is 22.1 Å². The summed E-state index contributed by atoms with van der Waals surface area (Å²) in [4.78, 5) is 17.3. The highest BCUT2D eigenvalue weighted by Crippen LogP contribution is 2.21. The highest BCUT2D eigenvalue weighted by atomic mass is 35.5. The summed E-state index contributed by atoms with van der Waals surface area (Å²) in [5.41, 5.74) is 6.25. The monoisotopic (exact) mass is 272 g/mol. The molecule has 18 heavy (non-hydrogen) atoms. The minimum Gasteiger partial charge on any atom is -0.396 e. The van der Waals surface area contributed by atoms with E-state index in [1.54, 1.807) is 31.2 Å². The van der Waals surface area contributed by atoms with Crippen molar-refractivity contribution in [2.24, 2.45) is 0 Å². The lowest BCUT2D eigenvalue weighted by Crippen LogP contribution is -2.37. The Balaban J connectivity index is 2.56. The molecule has 1 aromatic heterocycles. The van der Waals surface area contributed by atoms with Crippen LogP contribution in [0.1, 0.15) is 0 Å². The van der Waals surface area contributed by atoms with Crippen molar-refractivity contribution in [3.8, 4) is 0 Å². The number of rotatable bonds is 6. The summed E-state index contributed by atoms with van der Waals surface area (Å²) in [6.07, 6.45) is 0. The van der Waals surface area contributed by atoms with E-state index in [1.807, 2.05) is 0 Å². The standard InChI is InChI=1S/C11H17ClN4O2/c1-16(7-10(17)14-5-6-18-2)11-8(13)3-4-9(12)15-11/h3-4H,5-7,13H2,1-2H3,(H,14,17). The van der Waals surface area contributed by atoms with E-state index in [-0.39, 0.29) is 12.5 Å². The summed E-state index contributed by atoms with van der Waals surface area (Å²) in [5, 5.41) is 3.05. The third-order valence-electron chi connectivity index (χ3n) is 2.24. The fourth-order valence-corrected chi connectivity index (χ4v) is 1.52. The van der Waals surface area contributed by atoms with Gasteiger partial charge in [-0.1, -0.05) is 11.6 Å². The molecule has 1 rings (SSSR count). The molecule has 0 bridgehead atoms. The molecule has 7 heteroatoms. The van der Waals surface area contributed by atoms with Crippen molar-refractivity contribution in [1.29, 1.82) is 0 Å². The molecule has 0 spiro atoms. The number of anilines is 2. The van der Waals surface area contributed by atoms with Crippen molar-refractivity contribution in [3.63, 3.8) is 0 Å². The summed E-state index contributed by atoms with van der Waals surface area (Å²) in [6, 6.07) is 3.26. The summed E-state index contributed by atoms with van der Waals surface area (Å²) >= 11 is 5.79.